The molecule has 0 saturated carbocycles. The molecule has 0 aliphatic carbocycles. The van der Waals surface area contributed by atoms with E-state index < -0.39 is 59.9 Å². The number of rotatable bonds is 10. The molecule has 10 nitrogen and oxygen atoms in total. The van der Waals surface area contributed by atoms with E-state index in [4.69, 9.17) is 19.7 Å². The predicted molar refractivity (Wildman–Crippen MR) is 120 cm³/mol. The number of carbonyl (C=O) groups excluding carboxylic acids is 2. The maximum Gasteiger partial charge on any atom is 0.573 e. The lowest BCUT2D eigenvalue weighted by atomic mass is 9.99. The van der Waals surface area contributed by atoms with Crippen LogP contribution in [0.5, 0.6) is 11.5 Å². The van der Waals surface area contributed by atoms with E-state index in [0.717, 1.165) is 36.4 Å². The number of carboxylic acids is 2. The van der Waals surface area contributed by atoms with E-state index >= 15 is 0 Å². The van der Waals surface area contributed by atoms with E-state index in [1.54, 1.807) is 13.8 Å². The first kappa shape index (κ1) is 33.5. The van der Waals surface area contributed by atoms with Gasteiger partial charge in [-0.25, -0.2) is 0 Å². The van der Waals surface area contributed by atoms with E-state index in [2.05, 4.69) is 9.47 Å². The van der Waals surface area contributed by atoms with Crippen LogP contribution in [0.15, 0.2) is 48.5 Å². The Hall–Kier alpha value is -4.50. The summed E-state index contributed by atoms with van der Waals surface area (Å²) in [6.45, 7) is 3.13. The van der Waals surface area contributed by atoms with Crippen molar-refractivity contribution >= 4 is 23.9 Å². The minimum atomic E-state index is -4.93. The number of hydrogen-bond donors (Lipinski definition) is 2. The van der Waals surface area contributed by atoms with Gasteiger partial charge < -0.3 is 29.2 Å². The molecule has 0 aromatic heterocycles. The van der Waals surface area contributed by atoms with Crippen LogP contribution >= 0.6 is 0 Å². The van der Waals surface area contributed by atoms with Gasteiger partial charge >= 0.3 is 36.6 Å². The molecule has 0 heterocycles. The number of alkyl halides is 6. The fourth-order valence-electron chi connectivity index (χ4n) is 2.99. The lowest BCUT2D eigenvalue weighted by Crippen LogP contribution is -2.26. The summed E-state index contributed by atoms with van der Waals surface area (Å²) in [6, 6.07) is 8.41. The number of halogens is 6. The van der Waals surface area contributed by atoms with Gasteiger partial charge in [0.1, 0.15) is 11.5 Å². The third-order valence-corrected chi connectivity index (χ3v) is 4.39. The van der Waals surface area contributed by atoms with Crippen molar-refractivity contribution in [3.05, 3.63) is 59.7 Å². The molecule has 0 fully saturated rings. The molecule has 2 rings (SSSR count). The highest BCUT2D eigenvalue weighted by atomic mass is 19.4. The van der Waals surface area contributed by atoms with E-state index in [-0.39, 0.29) is 24.3 Å². The molecule has 2 aromatic carbocycles. The monoisotopic (exact) mass is 584 g/mol. The summed E-state index contributed by atoms with van der Waals surface area (Å²) in [4.78, 5) is 45.1. The van der Waals surface area contributed by atoms with Gasteiger partial charge in [0, 0.05) is 0 Å². The topological polar surface area (TPSA) is 146 Å². The number of hydrogen-bond acceptors (Lipinski definition) is 8. The second kappa shape index (κ2) is 14.6. The molecule has 0 saturated heterocycles. The molecular formula is C24H22F6O10. The molecule has 2 aromatic rings. The zero-order valence-electron chi connectivity index (χ0n) is 20.6. The molecule has 2 N–H and O–H groups in total. The van der Waals surface area contributed by atoms with Gasteiger partial charge in [-0.1, -0.05) is 24.3 Å². The van der Waals surface area contributed by atoms with Gasteiger partial charge in [-0.05, 0) is 49.2 Å². The first-order valence-electron chi connectivity index (χ1n) is 11.0. The molecule has 16 heteroatoms. The van der Waals surface area contributed by atoms with Crippen LogP contribution in [0.2, 0.25) is 0 Å². The summed E-state index contributed by atoms with van der Waals surface area (Å²) < 4.78 is 89.4. The molecular weight excluding hydrogens is 562 g/mol. The van der Waals surface area contributed by atoms with Crippen molar-refractivity contribution < 1.29 is 74.7 Å². The van der Waals surface area contributed by atoms with E-state index in [0.29, 0.717) is 0 Å². The third-order valence-electron chi connectivity index (χ3n) is 4.39. The highest BCUT2D eigenvalue weighted by Crippen LogP contribution is 2.28. The molecule has 0 spiro atoms. The van der Waals surface area contributed by atoms with Gasteiger partial charge in [-0.2, -0.15) is 0 Å². The number of esters is 2. The lowest BCUT2D eigenvalue weighted by molar-refractivity contribution is -0.275. The van der Waals surface area contributed by atoms with Crippen LogP contribution in [-0.2, 0) is 28.7 Å². The largest absolute Gasteiger partial charge is 0.573 e. The van der Waals surface area contributed by atoms with Crippen molar-refractivity contribution in [3.63, 3.8) is 0 Å². The molecule has 0 unspecified atom stereocenters. The minimum Gasteiger partial charge on any atom is -0.480 e. The van der Waals surface area contributed by atoms with E-state index in [1.807, 2.05) is 0 Å². The van der Waals surface area contributed by atoms with Crippen molar-refractivity contribution in [2.24, 2.45) is 0 Å². The number of aliphatic carboxylic acids is 2. The molecule has 0 aliphatic heterocycles. The SMILES string of the molecule is CCOC(=O)C(C(=O)OCC)c1cccc(OC(F)(F)F)c1.O=C(O)C(C(=O)O)c1cccc(OC(F)(F)F)c1. The smallest absolute Gasteiger partial charge is 0.480 e. The Bertz CT molecular complexity index is 1150. The van der Waals surface area contributed by atoms with Crippen molar-refractivity contribution in [2.75, 3.05) is 13.2 Å². The summed E-state index contributed by atoms with van der Waals surface area (Å²) in [7, 11) is 0. The van der Waals surface area contributed by atoms with Crippen molar-refractivity contribution in [1.29, 1.82) is 0 Å². The normalized spacial score (nSPS) is 11.2. The van der Waals surface area contributed by atoms with E-state index in [9.17, 15) is 45.5 Å². The Morgan fingerprint density at radius 1 is 0.675 bits per heavy atom. The number of benzene rings is 2. The maximum absolute atomic E-state index is 12.2. The molecule has 0 atom stereocenters. The fraction of sp³-hybridized carbons (Fsp3) is 0.333. The van der Waals surface area contributed by atoms with Gasteiger partial charge in [-0.3, -0.25) is 19.2 Å². The van der Waals surface area contributed by atoms with Crippen LogP contribution in [0.25, 0.3) is 0 Å². The van der Waals surface area contributed by atoms with Crippen molar-refractivity contribution in [1.82, 2.24) is 0 Å². The summed E-state index contributed by atoms with van der Waals surface area (Å²) in [5.74, 6) is -9.76. The maximum atomic E-state index is 12.2. The zero-order chi connectivity index (χ0) is 30.7. The minimum absolute atomic E-state index is 0.00125. The highest BCUT2D eigenvalue weighted by molar-refractivity contribution is 6.01. The molecule has 0 aliphatic rings. The first-order valence-corrected chi connectivity index (χ1v) is 11.0. The van der Waals surface area contributed by atoms with Crippen LogP contribution in [0, 0.1) is 0 Å². The average Bonchev–Trinajstić information content (AvgIpc) is 2.78. The van der Waals surface area contributed by atoms with Gasteiger partial charge in [0.15, 0.2) is 11.8 Å². The standard InChI is InChI=1S/C14H15F3O5.C10H7F3O5/c1-3-20-12(18)11(13(19)21-4-2)9-6-5-7-10(8-9)22-14(15,16)17;11-10(12,13)18-6-3-1-2-5(4-6)7(8(14)15)9(16)17/h5-8,11H,3-4H2,1-2H3;1-4,7H,(H,14,15)(H,16,17). The Morgan fingerprint density at radius 2 is 1.02 bits per heavy atom. The summed E-state index contributed by atoms with van der Waals surface area (Å²) in [6.07, 6.45) is -9.80. The van der Waals surface area contributed by atoms with E-state index in [1.165, 1.54) is 12.1 Å². The molecule has 40 heavy (non-hydrogen) atoms. The molecule has 0 radical (unpaired) electrons. The first-order chi connectivity index (χ1) is 18.5. The lowest BCUT2D eigenvalue weighted by Gasteiger charge is -2.16. The van der Waals surface area contributed by atoms with Crippen LogP contribution in [0.4, 0.5) is 26.3 Å². The molecule has 220 valence electrons. The van der Waals surface area contributed by atoms with Crippen LogP contribution in [0.1, 0.15) is 36.8 Å². The van der Waals surface area contributed by atoms with Crippen LogP contribution in [-0.4, -0.2) is 60.0 Å². The van der Waals surface area contributed by atoms with Crippen molar-refractivity contribution in [2.45, 2.75) is 38.4 Å². The zero-order valence-corrected chi connectivity index (χ0v) is 20.6. The second-order valence-electron chi connectivity index (χ2n) is 7.29. The van der Waals surface area contributed by atoms with Gasteiger partial charge in [-0.15, -0.1) is 26.3 Å². The summed E-state index contributed by atoms with van der Waals surface area (Å²) >= 11 is 0. The van der Waals surface area contributed by atoms with Crippen LogP contribution < -0.4 is 9.47 Å². The highest BCUT2D eigenvalue weighted by Gasteiger charge is 2.35. The second-order valence-corrected chi connectivity index (χ2v) is 7.29. The average molecular weight is 584 g/mol. The molecule has 0 amide bonds. The van der Waals surface area contributed by atoms with Crippen LogP contribution in [0.3, 0.4) is 0 Å². The summed E-state index contributed by atoms with van der Waals surface area (Å²) in [5.41, 5.74) is -0.310. The predicted octanol–water partition coefficient (Wildman–Crippen LogP) is 4.63. The Balaban J connectivity index is 0.000000408. The Kier molecular flexibility index (Phi) is 12.2. The summed E-state index contributed by atoms with van der Waals surface area (Å²) in [5, 5.41) is 17.4. The number of carboxylic acid groups (broad SMARTS) is 2. The Labute approximate surface area is 222 Å². The van der Waals surface area contributed by atoms with Gasteiger partial charge in [0.2, 0.25) is 0 Å². The molecule has 0 bridgehead atoms. The van der Waals surface area contributed by atoms with Gasteiger partial charge in [0.05, 0.1) is 13.2 Å². The third kappa shape index (κ3) is 11.5. The van der Waals surface area contributed by atoms with Crippen molar-refractivity contribution in [3.8, 4) is 11.5 Å². The quantitative estimate of drug-likeness (QED) is 0.230. The van der Waals surface area contributed by atoms with Gasteiger partial charge in [0.25, 0.3) is 0 Å². The number of carbonyl (C=O) groups is 4. The number of ether oxygens (including phenoxy) is 4. The Morgan fingerprint density at radius 3 is 1.32 bits per heavy atom. The fourth-order valence-corrected chi connectivity index (χ4v) is 2.99.